The van der Waals surface area contributed by atoms with Gasteiger partial charge in [-0.15, -0.1) is 20.4 Å². The molecule has 0 spiro atoms. The van der Waals surface area contributed by atoms with Crippen molar-refractivity contribution in [2.24, 2.45) is 0 Å². The van der Waals surface area contributed by atoms with Gasteiger partial charge in [-0.3, -0.25) is 0 Å². The Morgan fingerprint density at radius 3 is 2.92 bits per heavy atom. The quantitative estimate of drug-likeness (QED) is 0.696. The molecule has 1 aliphatic rings. The topological polar surface area (TPSA) is 90.1 Å². The Morgan fingerprint density at radius 1 is 1.27 bits per heavy atom. The number of aromatic nitrogens is 6. The molecule has 0 bridgehead atoms. The number of anilines is 1. The third kappa shape index (κ3) is 3.73. The number of halogens is 3. The minimum Gasteiger partial charge on any atom is -0.376 e. The minimum atomic E-state index is -4.63. The molecule has 138 valence electrons. The molecule has 3 aromatic rings. The number of hydrogen-bond donors (Lipinski definition) is 1. The highest BCUT2D eigenvalue weighted by molar-refractivity contribution is 8.01. The van der Waals surface area contributed by atoms with E-state index in [0.717, 1.165) is 31.2 Å². The van der Waals surface area contributed by atoms with Gasteiger partial charge in [-0.2, -0.15) is 22.8 Å². The van der Waals surface area contributed by atoms with Crippen LogP contribution < -0.4 is 5.32 Å². The maximum atomic E-state index is 12.9. The van der Waals surface area contributed by atoms with Gasteiger partial charge in [-0.1, -0.05) is 11.3 Å². The monoisotopic (exact) mass is 403 g/mol. The maximum absolute atomic E-state index is 12.9. The third-order valence-corrected chi connectivity index (χ3v) is 5.45. The van der Waals surface area contributed by atoms with Crippen LogP contribution in [0.3, 0.4) is 0 Å². The number of fused-ring (bicyclic) bond motifs is 1. The number of hydrogen-bond acceptors (Lipinski definition) is 9. The van der Waals surface area contributed by atoms with Crippen molar-refractivity contribution in [1.82, 2.24) is 30.0 Å². The van der Waals surface area contributed by atoms with Crippen molar-refractivity contribution in [2.45, 2.75) is 34.5 Å². The molecule has 1 aliphatic heterocycles. The van der Waals surface area contributed by atoms with Crippen LogP contribution in [-0.4, -0.2) is 49.3 Å². The van der Waals surface area contributed by atoms with Gasteiger partial charge < -0.3 is 10.1 Å². The summed E-state index contributed by atoms with van der Waals surface area (Å²) >= 11 is 2.42. The predicted octanol–water partition coefficient (Wildman–Crippen LogP) is 2.74. The third-order valence-electron chi connectivity index (χ3n) is 3.60. The summed E-state index contributed by atoms with van der Waals surface area (Å²) in [5.41, 5.74) is 0.0258. The fraction of sp³-hybridized carbons (Fsp3) is 0.462. The summed E-state index contributed by atoms with van der Waals surface area (Å²) in [6, 6.07) is 2.99. The van der Waals surface area contributed by atoms with Gasteiger partial charge in [0.05, 0.1) is 6.10 Å². The number of nitrogens with one attached hydrogen (secondary N) is 1. The van der Waals surface area contributed by atoms with E-state index < -0.39 is 12.0 Å². The Morgan fingerprint density at radius 2 is 2.15 bits per heavy atom. The molecule has 13 heteroatoms. The van der Waals surface area contributed by atoms with Crippen LogP contribution in [0.15, 0.2) is 21.5 Å². The summed E-state index contributed by atoms with van der Waals surface area (Å²) in [5, 5.41) is 22.7. The zero-order chi connectivity index (χ0) is 18.1. The van der Waals surface area contributed by atoms with Gasteiger partial charge in [0, 0.05) is 13.2 Å². The van der Waals surface area contributed by atoms with Crippen LogP contribution >= 0.6 is 23.1 Å². The molecule has 4 rings (SSSR count). The van der Waals surface area contributed by atoms with Crippen molar-refractivity contribution in [2.75, 3.05) is 18.5 Å². The zero-order valence-electron chi connectivity index (χ0n) is 13.1. The smallest absolute Gasteiger partial charge is 0.376 e. The fourth-order valence-corrected chi connectivity index (χ4v) is 4.08. The molecule has 1 atom stereocenters. The molecule has 1 N–H and O–H groups in total. The molecule has 4 heterocycles. The Hall–Kier alpha value is -1.99. The van der Waals surface area contributed by atoms with Crippen LogP contribution in [0.1, 0.15) is 18.7 Å². The van der Waals surface area contributed by atoms with E-state index in [4.69, 9.17) is 4.74 Å². The summed E-state index contributed by atoms with van der Waals surface area (Å²) < 4.78 is 45.5. The number of rotatable bonds is 5. The van der Waals surface area contributed by atoms with Crippen molar-refractivity contribution in [3.05, 3.63) is 18.0 Å². The zero-order valence-corrected chi connectivity index (χ0v) is 14.7. The highest BCUT2D eigenvalue weighted by Crippen LogP contribution is 2.32. The van der Waals surface area contributed by atoms with Crippen LogP contribution in [0.25, 0.3) is 5.65 Å². The first-order valence-corrected chi connectivity index (χ1v) is 9.29. The normalized spacial score (nSPS) is 17.9. The van der Waals surface area contributed by atoms with E-state index in [0.29, 0.717) is 25.6 Å². The van der Waals surface area contributed by atoms with E-state index in [2.05, 4.69) is 30.8 Å². The van der Waals surface area contributed by atoms with Gasteiger partial charge in [0.2, 0.25) is 5.13 Å². The second-order valence-corrected chi connectivity index (χ2v) is 7.70. The summed E-state index contributed by atoms with van der Waals surface area (Å²) in [6.07, 6.45) is -2.38. The maximum Gasteiger partial charge on any atom is 0.453 e. The van der Waals surface area contributed by atoms with E-state index in [1.54, 1.807) is 6.07 Å². The largest absolute Gasteiger partial charge is 0.453 e. The van der Waals surface area contributed by atoms with Gasteiger partial charge in [-0.25, -0.2) is 0 Å². The summed E-state index contributed by atoms with van der Waals surface area (Å²) in [6.45, 7) is 1.43. The Balaban J connectivity index is 1.47. The predicted molar refractivity (Wildman–Crippen MR) is 87.3 cm³/mol. The van der Waals surface area contributed by atoms with Gasteiger partial charge >= 0.3 is 6.18 Å². The Bertz CT molecular complexity index is 907. The molecule has 8 nitrogen and oxygen atoms in total. The van der Waals surface area contributed by atoms with Crippen molar-refractivity contribution < 1.29 is 17.9 Å². The first-order valence-electron chi connectivity index (χ1n) is 7.65. The second-order valence-electron chi connectivity index (χ2n) is 5.45. The second kappa shape index (κ2) is 6.96. The lowest BCUT2D eigenvalue weighted by Gasteiger charge is -2.08. The SMILES string of the molecule is FC(F)(F)c1nnc2ccc(Sc3nnc(NCC4CCCO4)s3)nn12. The summed E-state index contributed by atoms with van der Waals surface area (Å²) in [4.78, 5) is 0. The molecule has 0 amide bonds. The van der Waals surface area contributed by atoms with Crippen molar-refractivity contribution in [3.63, 3.8) is 0 Å². The lowest BCUT2D eigenvalue weighted by atomic mass is 10.2. The molecular formula is C13H12F3N7OS2. The van der Waals surface area contributed by atoms with Gasteiger partial charge in [0.15, 0.2) is 9.99 Å². The Kier molecular flexibility index (Phi) is 4.67. The first kappa shape index (κ1) is 17.4. The van der Waals surface area contributed by atoms with E-state index in [9.17, 15) is 13.2 Å². The van der Waals surface area contributed by atoms with Crippen LogP contribution in [0.5, 0.6) is 0 Å². The van der Waals surface area contributed by atoms with Crippen LogP contribution in [0, 0.1) is 0 Å². The standard InChI is InChI=1S/C13H12F3N7OS2/c14-13(15,16)10-19-18-8-3-4-9(22-23(8)10)25-12-21-20-11(26-12)17-6-7-2-1-5-24-7/h3-4,7H,1-2,5-6H2,(H,17,20). The van der Waals surface area contributed by atoms with Gasteiger partial charge in [0.1, 0.15) is 5.03 Å². The first-order chi connectivity index (χ1) is 12.5. The molecule has 1 fully saturated rings. The van der Waals surface area contributed by atoms with Gasteiger partial charge in [-0.05, 0) is 36.7 Å². The Labute approximate surface area is 153 Å². The van der Waals surface area contributed by atoms with Crippen LogP contribution in [-0.2, 0) is 10.9 Å². The van der Waals surface area contributed by atoms with Crippen LogP contribution in [0.4, 0.5) is 18.3 Å². The van der Waals surface area contributed by atoms with E-state index in [-0.39, 0.29) is 11.8 Å². The lowest BCUT2D eigenvalue weighted by Crippen LogP contribution is -2.18. The van der Waals surface area contributed by atoms with Crippen molar-refractivity contribution in [1.29, 1.82) is 0 Å². The van der Waals surface area contributed by atoms with Crippen LogP contribution in [0.2, 0.25) is 0 Å². The summed E-state index contributed by atoms with van der Waals surface area (Å²) in [5.74, 6) is -1.16. The average Bonchev–Trinajstić information content (AvgIpc) is 3.32. The van der Waals surface area contributed by atoms with E-state index >= 15 is 0 Å². The number of alkyl halides is 3. The van der Waals surface area contributed by atoms with Gasteiger partial charge in [0.25, 0.3) is 5.82 Å². The van der Waals surface area contributed by atoms with E-state index in [1.807, 2.05) is 0 Å². The minimum absolute atomic E-state index is 0.0258. The van der Waals surface area contributed by atoms with Crippen molar-refractivity contribution in [3.8, 4) is 0 Å². The average molecular weight is 403 g/mol. The molecule has 0 aromatic carbocycles. The lowest BCUT2D eigenvalue weighted by molar-refractivity contribution is -0.146. The molecule has 0 aliphatic carbocycles. The highest BCUT2D eigenvalue weighted by Gasteiger charge is 2.37. The number of nitrogens with zero attached hydrogens (tertiary/aromatic N) is 6. The molecule has 1 saturated heterocycles. The van der Waals surface area contributed by atoms with E-state index in [1.165, 1.54) is 17.4 Å². The molecule has 26 heavy (non-hydrogen) atoms. The fourth-order valence-electron chi connectivity index (χ4n) is 2.42. The molecular weight excluding hydrogens is 391 g/mol. The van der Waals surface area contributed by atoms with Crippen molar-refractivity contribution >= 4 is 33.9 Å². The highest BCUT2D eigenvalue weighted by atomic mass is 32.2. The summed E-state index contributed by atoms with van der Waals surface area (Å²) in [7, 11) is 0. The molecule has 3 aromatic heterocycles. The molecule has 0 radical (unpaired) electrons. The molecule has 0 saturated carbocycles. The number of ether oxygens (including phenoxy) is 1. The molecule has 1 unspecified atom stereocenters.